The maximum Gasteiger partial charge on any atom is 0.308 e. The zero-order valence-electron chi connectivity index (χ0n) is 18.9. The molecule has 1 N–H and O–H groups in total. The van der Waals surface area contributed by atoms with E-state index in [0.29, 0.717) is 17.1 Å². The molecule has 2 aromatic carbocycles. The lowest BCUT2D eigenvalue weighted by atomic mass is 10.2. The summed E-state index contributed by atoms with van der Waals surface area (Å²) in [7, 11) is -2.35. The van der Waals surface area contributed by atoms with Crippen LogP contribution in [0.25, 0.3) is 10.2 Å². The second kappa shape index (κ2) is 8.95. The van der Waals surface area contributed by atoms with E-state index in [9.17, 15) is 18.0 Å². The van der Waals surface area contributed by atoms with E-state index < -0.39 is 22.0 Å². The molecule has 0 saturated carbocycles. The lowest BCUT2D eigenvalue weighted by Gasteiger charge is -2.29. The number of carbonyl (C=O) groups is 1. The molecule has 10 heteroatoms. The Hall–Kier alpha value is -2.85. The van der Waals surface area contributed by atoms with Crippen molar-refractivity contribution in [2.24, 2.45) is 0 Å². The smallest absolute Gasteiger partial charge is 0.308 e. The predicted octanol–water partition coefficient (Wildman–Crippen LogP) is 3.75. The van der Waals surface area contributed by atoms with Crippen molar-refractivity contribution in [1.29, 1.82) is 0 Å². The molecule has 1 unspecified atom stereocenters. The van der Waals surface area contributed by atoms with Crippen LogP contribution in [0.15, 0.2) is 41.2 Å². The van der Waals surface area contributed by atoms with Gasteiger partial charge in [0.1, 0.15) is 11.8 Å². The van der Waals surface area contributed by atoms with E-state index in [4.69, 9.17) is 4.74 Å². The summed E-state index contributed by atoms with van der Waals surface area (Å²) in [4.78, 5) is 25.3. The highest BCUT2D eigenvalue weighted by Gasteiger charge is 2.31. The van der Waals surface area contributed by atoms with Gasteiger partial charge in [0.25, 0.3) is 0 Å². The topological polar surface area (TPSA) is 97.7 Å². The number of methoxy groups -OCH3 is 1. The summed E-state index contributed by atoms with van der Waals surface area (Å²) in [6, 6.07) is 9.33. The molecule has 1 heterocycles. The first-order valence-electron chi connectivity index (χ1n) is 10.0. The van der Waals surface area contributed by atoms with E-state index in [1.54, 1.807) is 41.0 Å². The van der Waals surface area contributed by atoms with Crippen LogP contribution >= 0.6 is 11.3 Å². The number of hydrogen-bond donors (Lipinski definition) is 1. The molecule has 0 aliphatic carbocycles. The standard InChI is InChI=1S/C22H27N3O5S2/c1-13(2)24-17-9-8-16(12-20(17)31-22(24)27)23-21(26)15(4)25(32(6,28)29)18-11-14(3)7-10-19(18)30-5/h7-13,15H,1-6H3,(H,23,26). The maximum absolute atomic E-state index is 13.1. The number of amides is 1. The van der Waals surface area contributed by atoms with Gasteiger partial charge in [0.15, 0.2) is 0 Å². The summed E-state index contributed by atoms with van der Waals surface area (Å²) in [6.45, 7) is 7.22. The van der Waals surface area contributed by atoms with Gasteiger partial charge in [0.05, 0.1) is 29.3 Å². The molecule has 1 amide bonds. The third-order valence-electron chi connectivity index (χ3n) is 5.06. The van der Waals surface area contributed by atoms with Gasteiger partial charge in [-0.15, -0.1) is 0 Å². The van der Waals surface area contributed by atoms with Crippen LogP contribution in [0.1, 0.15) is 32.4 Å². The van der Waals surface area contributed by atoms with Crippen LogP contribution in [0.3, 0.4) is 0 Å². The number of fused-ring (bicyclic) bond motifs is 1. The van der Waals surface area contributed by atoms with Crippen molar-refractivity contribution in [1.82, 2.24) is 4.57 Å². The van der Waals surface area contributed by atoms with Gasteiger partial charge in [-0.2, -0.15) is 0 Å². The van der Waals surface area contributed by atoms with Gasteiger partial charge in [0, 0.05) is 11.7 Å². The van der Waals surface area contributed by atoms with E-state index in [2.05, 4.69) is 5.32 Å². The molecule has 32 heavy (non-hydrogen) atoms. The Kier molecular flexibility index (Phi) is 6.66. The van der Waals surface area contributed by atoms with E-state index in [-0.39, 0.29) is 10.9 Å². The summed E-state index contributed by atoms with van der Waals surface area (Å²) in [6.07, 6.45) is 1.05. The van der Waals surface area contributed by atoms with Crippen LogP contribution in [0.2, 0.25) is 0 Å². The third kappa shape index (κ3) is 4.66. The first-order valence-corrected chi connectivity index (χ1v) is 12.7. The summed E-state index contributed by atoms with van der Waals surface area (Å²) in [5.74, 6) is -0.157. The number of benzene rings is 2. The number of aromatic nitrogens is 1. The second-order valence-corrected chi connectivity index (χ2v) is 10.8. The molecule has 0 radical (unpaired) electrons. The quantitative estimate of drug-likeness (QED) is 0.559. The Morgan fingerprint density at radius 3 is 2.44 bits per heavy atom. The Morgan fingerprint density at radius 1 is 1.16 bits per heavy atom. The first kappa shape index (κ1) is 23.8. The lowest BCUT2D eigenvalue weighted by molar-refractivity contribution is -0.116. The molecule has 0 fully saturated rings. The average Bonchev–Trinajstić information content (AvgIpc) is 3.02. The number of sulfonamides is 1. The molecule has 3 aromatic rings. The maximum atomic E-state index is 13.1. The van der Waals surface area contributed by atoms with Crippen LogP contribution in [0.4, 0.5) is 11.4 Å². The average molecular weight is 478 g/mol. The van der Waals surface area contributed by atoms with Crippen LogP contribution in [-0.2, 0) is 14.8 Å². The number of rotatable bonds is 7. The van der Waals surface area contributed by atoms with Gasteiger partial charge < -0.3 is 10.1 Å². The molecule has 0 saturated heterocycles. The van der Waals surface area contributed by atoms with E-state index in [0.717, 1.165) is 37.7 Å². The fraction of sp³-hybridized carbons (Fsp3) is 0.364. The van der Waals surface area contributed by atoms with Gasteiger partial charge in [-0.05, 0) is 63.6 Å². The van der Waals surface area contributed by atoms with Crippen LogP contribution in [0.5, 0.6) is 5.75 Å². The summed E-state index contributed by atoms with van der Waals surface area (Å²) in [5, 5.41) is 2.78. The van der Waals surface area contributed by atoms with E-state index in [1.165, 1.54) is 14.0 Å². The van der Waals surface area contributed by atoms with E-state index in [1.807, 2.05) is 20.8 Å². The normalized spacial score (nSPS) is 12.7. The van der Waals surface area contributed by atoms with Gasteiger partial charge in [-0.25, -0.2) is 8.42 Å². The zero-order chi connectivity index (χ0) is 23.8. The number of nitrogens with one attached hydrogen (secondary N) is 1. The Morgan fingerprint density at radius 2 is 1.84 bits per heavy atom. The number of anilines is 2. The molecule has 0 bridgehead atoms. The first-order chi connectivity index (χ1) is 14.9. The van der Waals surface area contributed by atoms with Crippen molar-refractivity contribution in [3.63, 3.8) is 0 Å². The molecule has 8 nitrogen and oxygen atoms in total. The monoisotopic (exact) mass is 477 g/mol. The molecular formula is C22H27N3O5S2. The summed E-state index contributed by atoms with van der Waals surface area (Å²) >= 11 is 1.10. The van der Waals surface area contributed by atoms with Crippen LogP contribution in [0, 0.1) is 6.92 Å². The number of aryl methyl sites for hydroxylation is 1. The molecule has 1 aromatic heterocycles. The Balaban J connectivity index is 1.95. The molecule has 0 aliphatic rings. The van der Waals surface area contributed by atoms with Gasteiger partial charge in [-0.3, -0.25) is 18.5 Å². The second-order valence-electron chi connectivity index (χ2n) is 7.91. The number of carbonyl (C=O) groups excluding carboxylic acids is 1. The van der Waals surface area contributed by atoms with Gasteiger partial charge >= 0.3 is 4.87 Å². The van der Waals surface area contributed by atoms with Crippen molar-refractivity contribution in [2.45, 2.75) is 39.8 Å². The minimum atomic E-state index is -3.80. The fourth-order valence-electron chi connectivity index (χ4n) is 3.60. The lowest BCUT2D eigenvalue weighted by Crippen LogP contribution is -2.45. The Bertz CT molecular complexity index is 1330. The van der Waals surface area contributed by atoms with Crippen molar-refractivity contribution in [3.05, 3.63) is 51.6 Å². The number of hydrogen-bond acceptors (Lipinski definition) is 6. The summed E-state index contributed by atoms with van der Waals surface area (Å²) < 4.78 is 34.1. The third-order valence-corrected chi connectivity index (χ3v) is 7.20. The predicted molar refractivity (Wildman–Crippen MR) is 130 cm³/mol. The number of ether oxygens (including phenoxy) is 1. The Labute approximate surface area is 191 Å². The molecule has 3 rings (SSSR count). The van der Waals surface area contributed by atoms with Crippen LogP contribution < -0.4 is 19.2 Å². The SMILES string of the molecule is COc1ccc(C)cc1N(C(C)C(=O)Nc1ccc2c(c1)sc(=O)n2C(C)C)S(C)(=O)=O. The molecular weight excluding hydrogens is 450 g/mol. The van der Waals surface area contributed by atoms with Crippen LogP contribution in [-0.4, -0.2) is 38.3 Å². The minimum absolute atomic E-state index is 0.0179. The molecule has 0 aliphatic heterocycles. The highest BCUT2D eigenvalue weighted by Crippen LogP contribution is 2.33. The number of thiazole rings is 1. The fourth-order valence-corrected chi connectivity index (χ4v) is 5.83. The van der Waals surface area contributed by atoms with Crippen molar-refractivity contribution in [3.8, 4) is 5.75 Å². The van der Waals surface area contributed by atoms with Crippen molar-refractivity contribution < 1.29 is 17.9 Å². The molecule has 172 valence electrons. The van der Waals surface area contributed by atoms with Crippen molar-refractivity contribution >= 4 is 48.9 Å². The van der Waals surface area contributed by atoms with Crippen molar-refractivity contribution in [2.75, 3.05) is 23.0 Å². The molecule has 1 atom stereocenters. The highest BCUT2D eigenvalue weighted by atomic mass is 32.2. The highest BCUT2D eigenvalue weighted by molar-refractivity contribution is 7.92. The minimum Gasteiger partial charge on any atom is -0.495 e. The number of nitrogens with zero attached hydrogens (tertiary/aromatic N) is 2. The summed E-state index contributed by atoms with van der Waals surface area (Å²) in [5.41, 5.74) is 2.40. The van der Waals surface area contributed by atoms with E-state index >= 15 is 0 Å². The zero-order valence-corrected chi connectivity index (χ0v) is 20.5. The largest absolute Gasteiger partial charge is 0.495 e. The molecule has 0 spiro atoms. The van der Waals surface area contributed by atoms with Gasteiger partial charge in [0.2, 0.25) is 15.9 Å². The van der Waals surface area contributed by atoms with Gasteiger partial charge in [-0.1, -0.05) is 17.4 Å².